The van der Waals surface area contributed by atoms with Crippen LogP contribution in [0.2, 0.25) is 0 Å². The van der Waals surface area contributed by atoms with E-state index >= 15 is 0 Å². The van der Waals surface area contributed by atoms with Crippen LogP contribution in [0.25, 0.3) is 0 Å². The number of nitrogens with zero attached hydrogens (tertiary/aromatic N) is 1. The van der Waals surface area contributed by atoms with Gasteiger partial charge < -0.3 is 5.32 Å². The second-order valence-electron chi connectivity index (χ2n) is 8.06. The fraction of sp³-hybridized carbons (Fsp3) is 0.375. The van der Waals surface area contributed by atoms with Gasteiger partial charge in [-0.15, -0.1) is 11.8 Å². The first-order valence-corrected chi connectivity index (χ1v) is 11.4. The van der Waals surface area contributed by atoms with Gasteiger partial charge in [-0.2, -0.15) is 0 Å². The van der Waals surface area contributed by atoms with E-state index in [1.165, 1.54) is 23.1 Å². The van der Waals surface area contributed by atoms with Crippen molar-refractivity contribution in [1.29, 1.82) is 0 Å². The summed E-state index contributed by atoms with van der Waals surface area (Å²) in [6.45, 7) is 1.97. The first-order valence-electron chi connectivity index (χ1n) is 10.5. The number of rotatable bonds is 5. The number of carbonyl (C=O) groups excluding carboxylic acids is 3. The topological polar surface area (TPSA) is 66.5 Å². The van der Waals surface area contributed by atoms with E-state index in [2.05, 4.69) is 5.32 Å². The summed E-state index contributed by atoms with van der Waals surface area (Å²) in [5.74, 6) is -0.135. The van der Waals surface area contributed by atoms with E-state index in [1.807, 2.05) is 55.5 Å². The number of hydrogen-bond acceptors (Lipinski definition) is 4. The van der Waals surface area contributed by atoms with Gasteiger partial charge in [0.25, 0.3) is 0 Å². The predicted molar refractivity (Wildman–Crippen MR) is 120 cm³/mol. The number of carbonyl (C=O) groups is 3. The number of anilines is 2. The van der Waals surface area contributed by atoms with E-state index in [9.17, 15) is 14.4 Å². The SMILES string of the molecule is Cc1ccc(N2C(=O)C[C@@H](Sc3ccc(NC(=O)C4CCCCC4)cc3)C2=O)cc1. The van der Waals surface area contributed by atoms with Gasteiger partial charge >= 0.3 is 0 Å². The number of aryl methyl sites for hydroxylation is 1. The molecule has 3 amide bonds. The molecule has 2 aromatic rings. The van der Waals surface area contributed by atoms with Crippen LogP contribution in [0, 0.1) is 12.8 Å². The summed E-state index contributed by atoms with van der Waals surface area (Å²) < 4.78 is 0. The Bertz CT molecular complexity index is 934. The van der Waals surface area contributed by atoms with Crippen LogP contribution in [-0.4, -0.2) is 23.0 Å². The molecule has 1 saturated heterocycles. The van der Waals surface area contributed by atoms with Gasteiger partial charge in [0.05, 0.1) is 10.9 Å². The summed E-state index contributed by atoms with van der Waals surface area (Å²) in [5.41, 5.74) is 2.48. The third-order valence-corrected chi connectivity index (χ3v) is 6.97. The number of imide groups is 1. The zero-order valence-electron chi connectivity index (χ0n) is 17.1. The monoisotopic (exact) mass is 422 g/mol. The highest BCUT2D eigenvalue weighted by molar-refractivity contribution is 8.00. The molecule has 1 aliphatic heterocycles. The molecule has 1 N–H and O–H groups in total. The molecule has 0 bridgehead atoms. The Hall–Kier alpha value is -2.60. The Kier molecular flexibility index (Phi) is 6.23. The summed E-state index contributed by atoms with van der Waals surface area (Å²) in [6, 6.07) is 14.9. The normalized spacial score (nSPS) is 19.9. The van der Waals surface area contributed by atoms with Crippen molar-refractivity contribution >= 4 is 40.9 Å². The highest BCUT2D eigenvalue weighted by Gasteiger charge is 2.40. The highest BCUT2D eigenvalue weighted by Crippen LogP contribution is 2.34. The molecular weight excluding hydrogens is 396 g/mol. The van der Waals surface area contributed by atoms with Crippen LogP contribution in [0.4, 0.5) is 11.4 Å². The van der Waals surface area contributed by atoms with Gasteiger partial charge in [0.15, 0.2) is 0 Å². The van der Waals surface area contributed by atoms with Crippen LogP contribution in [0.15, 0.2) is 53.4 Å². The summed E-state index contributed by atoms with van der Waals surface area (Å²) in [6.07, 6.45) is 5.60. The molecule has 2 fully saturated rings. The maximum absolute atomic E-state index is 12.8. The summed E-state index contributed by atoms with van der Waals surface area (Å²) in [4.78, 5) is 39.9. The number of nitrogens with one attached hydrogen (secondary N) is 1. The Labute approximate surface area is 181 Å². The molecule has 5 nitrogen and oxygen atoms in total. The summed E-state index contributed by atoms with van der Waals surface area (Å²) in [7, 11) is 0. The van der Waals surface area contributed by atoms with Crippen LogP contribution in [0.1, 0.15) is 44.1 Å². The van der Waals surface area contributed by atoms with Crippen LogP contribution < -0.4 is 10.2 Å². The summed E-state index contributed by atoms with van der Waals surface area (Å²) >= 11 is 1.40. The molecule has 4 rings (SSSR count). The Morgan fingerprint density at radius 1 is 0.967 bits per heavy atom. The lowest BCUT2D eigenvalue weighted by molar-refractivity contribution is -0.122. The maximum atomic E-state index is 12.8. The van der Waals surface area contributed by atoms with Gasteiger partial charge in [0.2, 0.25) is 17.7 Å². The molecule has 2 aromatic carbocycles. The van der Waals surface area contributed by atoms with Crippen molar-refractivity contribution in [2.45, 2.75) is 55.6 Å². The quantitative estimate of drug-likeness (QED) is 0.693. The summed E-state index contributed by atoms with van der Waals surface area (Å²) in [5, 5.41) is 2.57. The van der Waals surface area contributed by atoms with Crippen molar-refractivity contribution in [2.75, 3.05) is 10.2 Å². The minimum atomic E-state index is -0.429. The van der Waals surface area contributed by atoms with Crippen molar-refractivity contribution in [2.24, 2.45) is 5.92 Å². The maximum Gasteiger partial charge on any atom is 0.247 e. The molecule has 0 radical (unpaired) electrons. The number of hydrogen-bond donors (Lipinski definition) is 1. The zero-order chi connectivity index (χ0) is 21.1. The smallest absolute Gasteiger partial charge is 0.247 e. The molecule has 0 spiro atoms. The third kappa shape index (κ3) is 4.59. The molecule has 0 aromatic heterocycles. The lowest BCUT2D eigenvalue weighted by atomic mass is 9.88. The van der Waals surface area contributed by atoms with Crippen LogP contribution in [-0.2, 0) is 14.4 Å². The fourth-order valence-electron chi connectivity index (χ4n) is 4.05. The average Bonchev–Trinajstić information content (AvgIpc) is 3.04. The largest absolute Gasteiger partial charge is 0.326 e. The van der Waals surface area contributed by atoms with E-state index in [-0.39, 0.29) is 30.1 Å². The zero-order valence-corrected chi connectivity index (χ0v) is 17.9. The molecule has 156 valence electrons. The first kappa shape index (κ1) is 20.7. The molecule has 1 aliphatic carbocycles. The molecular formula is C24H26N2O3S. The standard InChI is InChI=1S/C24H26N2O3S/c1-16-7-11-19(12-8-16)26-22(27)15-21(24(26)29)30-20-13-9-18(10-14-20)25-23(28)17-5-3-2-4-6-17/h7-14,17,21H,2-6,15H2,1H3,(H,25,28)/t21-/m1/s1. The molecule has 6 heteroatoms. The van der Waals surface area contributed by atoms with Gasteiger partial charge in [-0.3, -0.25) is 14.4 Å². The van der Waals surface area contributed by atoms with Crippen LogP contribution >= 0.6 is 11.8 Å². The Morgan fingerprint density at radius 2 is 1.63 bits per heavy atom. The van der Waals surface area contributed by atoms with Crippen molar-refractivity contribution in [3.05, 3.63) is 54.1 Å². The van der Waals surface area contributed by atoms with Crippen LogP contribution in [0.3, 0.4) is 0 Å². The molecule has 1 saturated carbocycles. The molecule has 2 aliphatic rings. The van der Waals surface area contributed by atoms with E-state index in [0.717, 1.165) is 41.8 Å². The lowest BCUT2D eigenvalue weighted by Gasteiger charge is -2.20. The van der Waals surface area contributed by atoms with Gasteiger partial charge in [-0.1, -0.05) is 37.0 Å². The first-order chi connectivity index (χ1) is 14.5. The molecule has 0 unspecified atom stereocenters. The third-order valence-electron chi connectivity index (χ3n) is 5.77. The minimum absolute atomic E-state index is 0.0976. The Balaban J connectivity index is 1.37. The van der Waals surface area contributed by atoms with Crippen LogP contribution in [0.5, 0.6) is 0 Å². The van der Waals surface area contributed by atoms with E-state index in [1.54, 1.807) is 0 Å². The molecule has 30 heavy (non-hydrogen) atoms. The van der Waals surface area contributed by atoms with Crippen molar-refractivity contribution in [3.8, 4) is 0 Å². The fourth-order valence-corrected chi connectivity index (χ4v) is 5.11. The van der Waals surface area contributed by atoms with E-state index < -0.39 is 5.25 Å². The number of amides is 3. The van der Waals surface area contributed by atoms with Gasteiger partial charge in [0, 0.05) is 22.9 Å². The van der Waals surface area contributed by atoms with Gasteiger partial charge in [-0.05, 0) is 56.2 Å². The molecule has 1 heterocycles. The Morgan fingerprint density at radius 3 is 2.30 bits per heavy atom. The second-order valence-corrected chi connectivity index (χ2v) is 9.34. The number of benzene rings is 2. The minimum Gasteiger partial charge on any atom is -0.326 e. The van der Waals surface area contributed by atoms with E-state index in [0.29, 0.717) is 5.69 Å². The highest BCUT2D eigenvalue weighted by atomic mass is 32.2. The van der Waals surface area contributed by atoms with Crippen molar-refractivity contribution < 1.29 is 14.4 Å². The number of thioether (sulfide) groups is 1. The average molecular weight is 423 g/mol. The predicted octanol–water partition coefficient (Wildman–Crippen LogP) is 4.94. The van der Waals surface area contributed by atoms with Gasteiger partial charge in [-0.25, -0.2) is 4.90 Å². The van der Waals surface area contributed by atoms with Gasteiger partial charge in [0.1, 0.15) is 0 Å². The van der Waals surface area contributed by atoms with E-state index in [4.69, 9.17) is 0 Å². The van der Waals surface area contributed by atoms with Crippen molar-refractivity contribution in [1.82, 2.24) is 0 Å². The second kappa shape index (κ2) is 9.04. The lowest BCUT2D eigenvalue weighted by Crippen LogP contribution is -2.31. The van der Waals surface area contributed by atoms with Crippen molar-refractivity contribution in [3.63, 3.8) is 0 Å². The molecule has 1 atom stereocenters.